The number of halogens is 2. The first-order valence-electron chi connectivity index (χ1n) is 12.0. The summed E-state index contributed by atoms with van der Waals surface area (Å²) in [5.41, 5.74) is 2.98. The zero-order valence-electron chi connectivity index (χ0n) is 19.5. The molecule has 6 nitrogen and oxygen atoms in total. The Kier molecular flexibility index (Phi) is 6.17. The molecule has 0 N–H and O–H groups in total. The normalized spacial score (nSPS) is 14.1. The second-order valence-electron chi connectivity index (χ2n) is 8.85. The van der Waals surface area contributed by atoms with Crippen LogP contribution in [0.15, 0.2) is 67.3 Å². The Morgan fingerprint density at radius 1 is 0.889 bits per heavy atom. The molecule has 1 aromatic carbocycles. The fourth-order valence-corrected chi connectivity index (χ4v) is 4.95. The maximum Gasteiger partial charge on any atom is 0.222 e. The molecule has 0 aliphatic carbocycles. The fraction of sp³-hybridized carbons (Fsp3) is 0.214. The third kappa shape index (κ3) is 4.36. The highest BCUT2D eigenvalue weighted by Gasteiger charge is 2.18. The lowest BCUT2D eigenvalue weighted by Crippen LogP contribution is -2.25. The molecule has 0 unspecified atom stereocenters. The molecule has 36 heavy (non-hydrogen) atoms. The predicted molar refractivity (Wildman–Crippen MR) is 140 cm³/mol. The molecule has 0 saturated carbocycles. The minimum absolute atomic E-state index is 0.317. The van der Waals surface area contributed by atoms with Gasteiger partial charge in [-0.1, -0.05) is 11.6 Å². The Bertz CT molecular complexity index is 1570. The zero-order valence-corrected chi connectivity index (χ0v) is 20.2. The molecule has 0 bridgehead atoms. The van der Waals surface area contributed by atoms with Gasteiger partial charge in [-0.15, -0.1) is 0 Å². The summed E-state index contributed by atoms with van der Waals surface area (Å²) in [4.78, 5) is 20.5. The van der Waals surface area contributed by atoms with E-state index in [1.54, 1.807) is 30.9 Å². The molecule has 1 aliphatic heterocycles. The van der Waals surface area contributed by atoms with Gasteiger partial charge in [-0.25, -0.2) is 19.3 Å². The topological polar surface area (TPSA) is 64.0 Å². The predicted octanol–water partition coefficient (Wildman–Crippen LogP) is 6.17. The summed E-state index contributed by atoms with van der Waals surface area (Å²) in [6.07, 6.45) is 9.49. The van der Waals surface area contributed by atoms with Gasteiger partial charge in [0.05, 0.1) is 11.1 Å². The van der Waals surface area contributed by atoms with Gasteiger partial charge in [-0.2, -0.15) is 0 Å². The molecule has 1 aliphatic rings. The van der Waals surface area contributed by atoms with Crippen LogP contribution < -0.4 is 4.74 Å². The zero-order chi connectivity index (χ0) is 24.5. The molecule has 0 amide bonds. The van der Waals surface area contributed by atoms with E-state index in [0.717, 1.165) is 46.9 Å². The lowest BCUT2D eigenvalue weighted by atomic mass is 9.97. The molecule has 180 valence electrons. The van der Waals surface area contributed by atoms with Gasteiger partial charge in [0.15, 0.2) is 5.65 Å². The van der Waals surface area contributed by atoms with Gasteiger partial charge < -0.3 is 4.74 Å². The highest BCUT2D eigenvalue weighted by Crippen LogP contribution is 2.38. The van der Waals surface area contributed by atoms with Crippen molar-refractivity contribution >= 4 is 33.4 Å². The van der Waals surface area contributed by atoms with Crippen LogP contribution >= 0.6 is 11.6 Å². The molecular formula is C28H23ClFN5O. The van der Waals surface area contributed by atoms with Crippen LogP contribution in [0.2, 0.25) is 5.02 Å². The molecule has 5 heterocycles. The Balaban J connectivity index is 1.46. The van der Waals surface area contributed by atoms with E-state index in [9.17, 15) is 4.39 Å². The summed E-state index contributed by atoms with van der Waals surface area (Å²) in [6.45, 7) is 3.69. The van der Waals surface area contributed by atoms with Gasteiger partial charge in [0.25, 0.3) is 0 Å². The molecule has 4 aromatic heterocycles. The molecule has 0 spiro atoms. The number of hydrogen-bond donors (Lipinski definition) is 0. The van der Waals surface area contributed by atoms with Crippen LogP contribution in [0.3, 0.4) is 0 Å². The minimum Gasteiger partial charge on any atom is -0.476 e. The number of rotatable bonds is 6. The monoisotopic (exact) mass is 499 g/mol. The van der Waals surface area contributed by atoms with Gasteiger partial charge >= 0.3 is 0 Å². The van der Waals surface area contributed by atoms with Crippen molar-refractivity contribution in [3.63, 3.8) is 0 Å². The quantitative estimate of drug-likeness (QED) is 0.278. The van der Waals surface area contributed by atoms with Crippen molar-refractivity contribution in [2.75, 3.05) is 26.2 Å². The first kappa shape index (κ1) is 22.8. The van der Waals surface area contributed by atoms with E-state index < -0.39 is 5.82 Å². The summed E-state index contributed by atoms with van der Waals surface area (Å²) in [5.74, 6) is 0.153. The van der Waals surface area contributed by atoms with Gasteiger partial charge in [0.2, 0.25) is 5.88 Å². The number of hydrogen-bond acceptors (Lipinski definition) is 6. The third-order valence-electron chi connectivity index (χ3n) is 6.58. The van der Waals surface area contributed by atoms with Gasteiger partial charge in [-0.3, -0.25) is 9.88 Å². The molecular weight excluding hydrogens is 477 g/mol. The Morgan fingerprint density at radius 2 is 1.78 bits per heavy atom. The summed E-state index contributed by atoms with van der Waals surface area (Å²) in [6, 6.07) is 12.1. The molecule has 0 atom stereocenters. The van der Waals surface area contributed by atoms with Crippen LogP contribution in [0, 0.1) is 5.82 Å². The van der Waals surface area contributed by atoms with Crippen molar-refractivity contribution in [3.05, 3.63) is 78.1 Å². The van der Waals surface area contributed by atoms with Crippen LogP contribution in [0.5, 0.6) is 5.88 Å². The average Bonchev–Trinajstić information content (AvgIpc) is 3.43. The largest absolute Gasteiger partial charge is 0.476 e. The second-order valence-corrected chi connectivity index (χ2v) is 9.29. The van der Waals surface area contributed by atoms with E-state index in [1.165, 1.54) is 25.0 Å². The van der Waals surface area contributed by atoms with Crippen LogP contribution in [-0.2, 0) is 0 Å². The number of nitrogens with zero attached hydrogens (tertiary/aromatic N) is 5. The number of pyridine rings is 4. The van der Waals surface area contributed by atoms with E-state index >= 15 is 0 Å². The summed E-state index contributed by atoms with van der Waals surface area (Å²) in [7, 11) is 0. The lowest BCUT2D eigenvalue weighted by molar-refractivity contribution is 0.234. The first-order chi connectivity index (χ1) is 17.7. The Morgan fingerprint density at radius 3 is 2.67 bits per heavy atom. The molecule has 1 saturated heterocycles. The van der Waals surface area contributed by atoms with Crippen molar-refractivity contribution in [1.82, 2.24) is 24.8 Å². The maximum atomic E-state index is 14.8. The number of fused-ring (bicyclic) bond motifs is 2. The lowest BCUT2D eigenvalue weighted by Gasteiger charge is -2.16. The van der Waals surface area contributed by atoms with Crippen LogP contribution in [0.1, 0.15) is 12.8 Å². The molecule has 0 radical (unpaired) electrons. The Hall–Kier alpha value is -3.68. The van der Waals surface area contributed by atoms with E-state index in [2.05, 4.69) is 24.8 Å². The highest BCUT2D eigenvalue weighted by atomic mass is 35.5. The van der Waals surface area contributed by atoms with Crippen LogP contribution in [-0.4, -0.2) is 51.1 Å². The van der Waals surface area contributed by atoms with Crippen molar-refractivity contribution < 1.29 is 9.13 Å². The first-order valence-corrected chi connectivity index (χ1v) is 12.3. The maximum absolute atomic E-state index is 14.8. The second kappa shape index (κ2) is 9.76. The number of benzene rings is 1. The molecule has 6 rings (SSSR count). The van der Waals surface area contributed by atoms with Crippen molar-refractivity contribution in [3.8, 4) is 28.3 Å². The smallest absolute Gasteiger partial charge is 0.222 e. The Labute approximate surface area is 212 Å². The highest BCUT2D eigenvalue weighted by molar-refractivity contribution is 6.30. The molecule has 5 aromatic rings. The third-order valence-corrected chi connectivity index (χ3v) is 6.81. The van der Waals surface area contributed by atoms with Crippen LogP contribution in [0.25, 0.3) is 44.2 Å². The SMILES string of the molecule is Fc1ccc(Cl)cc1-c1cc(-c2cnc(OCCN3CCCC3)c3cnccc23)c2cccnc2n1. The van der Waals surface area contributed by atoms with Gasteiger partial charge in [-0.05, 0) is 79.3 Å². The van der Waals surface area contributed by atoms with Crippen molar-refractivity contribution in [2.24, 2.45) is 0 Å². The molecule has 8 heteroatoms. The minimum atomic E-state index is -0.401. The number of ether oxygens (including phenoxy) is 1. The van der Waals surface area contributed by atoms with E-state index in [1.807, 2.05) is 24.3 Å². The van der Waals surface area contributed by atoms with E-state index in [4.69, 9.17) is 16.3 Å². The van der Waals surface area contributed by atoms with Gasteiger partial charge in [0, 0.05) is 52.9 Å². The van der Waals surface area contributed by atoms with Gasteiger partial charge in [0.1, 0.15) is 12.4 Å². The number of aromatic nitrogens is 4. The van der Waals surface area contributed by atoms with Crippen LogP contribution in [0.4, 0.5) is 4.39 Å². The fourth-order valence-electron chi connectivity index (χ4n) is 4.78. The van der Waals surface area contributed by atoms with Crippen molar-refractivity contribution in [2.45, 2.75) is 12.8 Å². The summed E-state index contributed by atoms with van der Waals surface area (Å²) in [5, 5.41) is 3.03. The summed E-state index contributed by atoms with van der Waals surface area (Å²) >= 11 is 6.18. The average molecular weight is 500 g/mol. The van der Waals surface area contributed by atoms with E-state index in [0.29, 0.717) is 34.4 Å². The van der Waals surface area contributed by atoms with E-state index in [-0.39, 0.29) is 0 Å². The number of likely N-dealkylation sites (tertiary alicyclic amines) is 1. The standard InChI is InChI=1S/C28H23ClFN5O/c29-18-5-6-25(30)22(14-18)26-15-21(20-4-3-8-32-27(20)34-26)23-17-33-28(24-16-31-9-7-19(23)24)36-13-12-35-10-1-2-11-35/h3-9,14-17H,1-2,10-13H2. The van der Waals surface area contributed by atoms with Crippen molar-refractivity contribution in [1.29, 1.82) is 0 Å². The summed E-state index contributed by atoms with van der Waals surface area (Å²) < 4.78 is 20.9. The molecule has 1 fully saturated rings.